The average molecular weight is 789 g/mol. The number of carboxylic acids is 1. The van der Waals surface area contributed by atoms with Crippen LogP contribution in [-0.4, -0.2) is 59.3 Å². The second-order valence-corrected chi connectivity index (χ2v) is 15.5. The third-order valence-corrected chi connectivity index (χ3v) is 10.1. The number of hydrogen-bond acceptors (Lipinski definition) is 6. The van der Waals surface area contributed by atoms with Gasteiger partial charge >= 0.3 is 11.9 Å². The van der Waals surface area contributed by atoms with Crippen molar-refractivity contribution < 1.29 is 34.1 Å². The van der Waals surface area contributed by atoms with Crippen LogP contribution in [-0.2, 0) is 23.9 Å². The lowest BCUT2D eigenvalue weighted by Crippen LogP contribution is -2.47. The molecule has 0 saturated heterocycles. The summed E-state index contributed by atoms with van der Waals surface area (Å²) in [7, 11) is 0. The van der Waals surface area contributed by atoms with Gasteiger partial charge in [-0.1, -0.05) is 160 Å². The quantitative estimate of drug-likeness (QED) is 0.0274. The largest absolute Gasteiger partial charge is 0.480 e. The number of allylic oxidation sites excluding steroid dienone is 5. The second kappa shape index (κ2) is 41.7. The molecule has 0 aliphatic rings. The number of rotatable bonds is 41. The Balaban J connectivity index is 4.02. The molecule has 2 atom stereocenters. The van der Waals surface area contributed by atoms with Crippen LogP contribution < -0.4 is 10.6 Å². The van der Waals surface area contributed by atoms with Crippen molar-refractivity contribution in [2.75, 3.05) is 13.2 Å². The highest BCUT2D eigenvalue weighted by Crippen LogP contribution is 2.16. The van der Waals surface area contributed by atoms with Gasteiger partial charge in [-0.25, -0.2) is 4.79 Å². The Morgan fingerprint density at radius 1 is 0.554 bits per heavy atom. The highest BCUT2D eigenvalue weighted by Gasteiger charge is 2.18. The first-order valence-corrected chi connectivity index (χ1v) is 22.9. The predicted octanol–water partition coefficient (Wildman–Crippen LogP) is 11.4. The molecule has 0 fully saturated rings. The van der Waals surface area contributed by atoms with E-state index in [0.717, 1.165) is 57.8 Å². The van der Waals surface area contributed by atoms with Crippen molar-refractivity contribution in [3.8, 4) is 0 Å². The molecule has 0 spiro atoms. The highest BCUT2D eigenvalue weighted by molar-refractivity contribution is 5.87. The topological polar surface area (TPSA) is 142 Å². The van der Waals surface area contributed by atoms with Gasteiger partial charge < -0.3 is 25.6 Å². The summed E-state index contributed by atoms with van der Waals surface area (Å²) in [5.74, 6) is -2.40. The number of carboxylic acid groups (broad SMARTS) is 1. The molecule has 4 N–H and O–H groups in total. The zero-order chi connectivity index (χ0) is 41.2. The van der Waals surface area contributed by atoms with Gasteiger partial charge in [-0.3, -0.25) is 14.4 Å². The number of amides is 2. The fraction of sp³-hybridized carbons (Fsp3) is 0.787. The molecule has 9 nitrogen and oxygen atoms in total. The lowest BCUT2D eigenvalue weighted by molar-refractivity contribution is -0.147. The van der Waals surface area contributed by atoms with Crippen LogP contribution in [0.15, 0.2) is 36.5 Å². The number of hydrogen-bond donors (Lipinski definition) is 4. The maximum atomic E-state index is 12.7. The molecule has 0 heterocycles. The lowest BCUT2D eigenvalue weighted by atomic mass is 10.0. The summed E-state index contributed by atoms with van der Waals surface area (Å²) in [5, 5.41) is 22.5. The molecule has 2 unspecified atom stereocenters. The summed E-state index contributed by atoms with van der Waals surface area (Å²) in [4.78, 5) is 47.5. The second-order valence-electron chi connectivity index (χ2n) is 15.5. The lowest BCUT2D eigenvalue weighted by Gasteiger charge is -2.15. The van der Waals surface area contributed by atoms with Crippen molar-refractivity contribution in [2.45, 2.75) is 225 Å². The maximum Gasteiger partial charge on any atom is 0.328 e. The van der Waals surface area contributed by atoms with Crippen LogP contribution in [0.3, 0.4) is 0 Å². The number of nitrogens with one attached hydrogen (secondary N) is 2. The Morgan fingerprint density at radius 3 is 1.55 bits per heavy atom. The highest BCUT2D eigenvalue weighted by atomic mass is 16.5. The number of ether oxygens (including phenoxy) is 1. The molecule has 56 heavy (non-hydrogen) atoms. The molecule has 0 radical (unpaired) electrons. The van der Waals surface area contributed by atoms with Crippen LogP contribution in [0.2, 0.25) is 0 Å². The van der Waals surface area contributed by atoms with Crippen LogP contribution >= 0.6 is 0 Å². The van der Waals surface area contributed by atoms with Crippen molar-refractivity contribution in [1.29, 1.82) is 0 Å². The fourth-order valence-electron chi connectivity index (χ4n) is 6.54. The molecule has 0 aromatic carbocycles. The third-order valence-electron chi connectivity index (χ3n) is 10.1. The third kappa shape index (κ3) is 38.0. The predicted molar refractivity (Wildman–Crippen MR) is 231 cm³/mol. The zero-order valence-electron chi connectivity index (χ0n) is 35.9. The average Bonchev–Trinajstić information content (AvgIpc) is 3.18. The van der Waals surface area contributed by atoms with Crippen molar-refractivity contribution in [3.05, 3.63) is 36.5 Å². The number of carbonyl (C=O) groups is 4. The molecule has 0 aromatic rings. The number of aliphatic hydroxyl groups is 1. The van der Waals surface area contributed by atoms with Crippen LogP contribution in [0.25, 0.3) is 0 Å². The smallest absolute Gasteiger partial charge is 0.328 e. The van der Waals surface area contributed by atoms with E-state index in [1.54, 1.807) is 0 Å². The molecular weight excluding hydrogens is 705 g/mol. The minimum absolute atomic E-state index is 0.115. The molecule has 0 rings (SSSR count). The van der Waals surface area contributed by atoms with Gasteiger partial charge in [-0.2, -0.15) is 0 Å². The summed E-state index contributed by atoms with van der Waals surface area (Å²) in [6.07, 6.45) is 47.8. The number of esters is 1. The van der Waals surface area contributed by atoms with Gasteiger partial charge in [0.05, 0.1) is 13.2 Å². The molecular formula is C47H84N2O7. The van der Waals surface area contributed by atoms with Gasteiger partial charge in [-0.15, -0.1) is 0 Å². The van der Waals surface area contributed by atoms with E-state index in [2.05, 4.69) is 60.9 Å². The standard InChI is InChI=1S/C47H84N2O7/c1-3-5-7-9-11-12-13-14-15-16-17-18-19-20-21-22-23-24-25-26-27-29-35-39-46(53)56-42(36-32-28-10-8-6-4-2)37-33-30-31-34-38-44(51)48-40-45(52)49-43(41-50)47(54)55/h13-14,16-17,32,36,42-43,50H,3-12,15,18-31,33-35,37-41H2,1-2H3,(H,48,51)(H,49,52)(H,54,55)/b14-13-,17-16-,36-32-. The minimum atomic E-state index is -1.39. The molecule has 2 amide bonds. The van der Waals surface area contributed by atoms with Gasteiger partial charge in [0.1, 0.15) is 12.1 Å². The number of aliphatic hydroxyl groups excluding tert-OH is 1. The van der Waals surface area contributed by atoms with E-state index in [1.165, 1.54) is 122 Å². The van der Waals surface area contributed by atoms with Crippen molar-refractivity contribution in [2.24, 2.45) is 0 Å². The summed E-state index contributed by atoms with van der Waals surface area (Å²) < 4.78 is 5.89. The molecule has 0 aromatic heterocycles. The molecule has 0 saturated carbocycles. The normalized spacial score (nSPS) is 12.8. The monoisotopic (exact) mass is 789 g/mol. The maximum absolute atomic E-state index is 12.7. The summed E-state index contributed by atoms with van der Waals surface area (Å²) in [5.41, 5.74) is 0. The first-order chi connectivity index (χ1) is 27.3. The molecule has 0 aliphatic carbocycles. The fourth-order valence-corrected chi connectivity index (χ4v) is 6.54. The SMILES string of the molecule is CCCCCC/C=C\C(CCCCCCC(=O)NCC(=O)NC(CO)C(=O)O)OC(=O)CCCCCCCCCCCCC/C=C\C/C=C\CCCCCCC. The molecule has 0 aliphatic heterocycles. The van der Waals surface area contributed by atoms with E-state index in [1.807, 2.05) is 0 Å². The Bertz CT molecular complexity index is 1040. The van der Waals surface area contributed by atoms with Crippen LogP contribution in [0.4, 0.5) is 0 Å². The zero-order valence-corrected chi connectivity index (χ0v) is 35.9. The van der Waals surface area contributed by atoms with E-state index in [4.69, 9.17) is 14.9 Å². The summed E-state index contributed by atoms with van der Waals surface area (Å²) in [6, 6.07) is -1.39. The van der Waals surface area contributed by atoms with E-state index < -0.39 is 24.5 Å². The molecule has 0 bridgehead atoms. The Kier molecular flexibility index (Phi) is 39.5. The van der Waals surface area contributed by atoms with Crippen molar-refractivity contribution in [1.82, 2.24) is 10.6 Å². The van der Waals surface area contributed by atoms with Gasteiger partial charge in [0, 0.05) is 12.8 Å². The Hall–Kier alpha value is -2.94. The minimum Gasteiger partial charge on any atom is -0.480 e. The van der Waals surface area contributed by atoms with Crippen molar-refractivity contribution >= 4 is 23.8 Å². The Labute approximate surface area is 342 Å². The Morgan fingerprint density at radius 2 is 1.02 bits per heavy atom. The van der Waals surface area contributed by atoms with E-state index >= 15 is 0 Å². The summed E-state index contributed by atoms with van der Waals surface area (Å²) >= 11 is 0. The van der Waals surface area contributed by atoms with E-state index in [9.17, 15) is 19.2 Å². The van der Waals surface area contributed by atoms with Crippen molar-refractivity contribution in [3.63, 3.8) is 0 Å². The number of carbonyl (C=O) groups excluding carboxylic acids is 3. The van der Waals surface area contributed by atoms with Crippen LogP contribution in [0, 0.1) is 0 Å². The first kappa shape index (κ1) is 53.1. The molecule has 9 heteroatoms. The van der Waals surface area contributed by atoms with Crippen LogP contribution in [0.5, 0.6) is 0 Å². The number of unbranched alkanes of at least 4 members (excludes halogenated alkanes) is 23. The van der Waals surface area contributed by atoms with E-state index in [0.29, 0.717) is 12.8 Å². The first-order valence-electron chi connectivity index (χ1n) is 22.9. The van der Waals surface area contributed by atoms with Crippen LogP contribution in [0.1, 0.15) is 213 Å². The molecule has 324 valence electrons. The summed E-state index contributed by atoms with van der Waals surface area (Å²) in [6.45, 7) is 3.41. The van der Waals surface area contributed by atoms with Gasteiger partial charge in [0.15, 0.2) is 0 Å². The van der Waals surface area contributed by atoms with Gasteiger partial charge in [-0.05, 0) is 76.7 Å². The van der Waals surface area contributed by atoms with Gasteiger partial charge in [0.25, 0.3) is 0 Å². The van der Waals surface area contributed by atoms with Gasteiger partial charge in [0.2, 0.25) is 11.8 Å². The number of aliphatic carboxylic acids is 1. The van der Waals surface area contributed by atoms with E-state index in [-0.39, 0.29) is 30.9 Å².